The highest BCUT2D eigenvalue weighted by atomic mass is 15.2. The number of amidine groups is 1. The van der Waals surface area contributed by atoms with Crippen molar-refractivity contribution in [2.75, 3.05) is 19.6 Å². The molecule has 0 aliphatic rings. The van der Waals surface area contributed by atoms with Crippen molar-refractivity contribution < 1.29 is 0 Å². The van der Waals surface area contributed by atoms with Crippen LogP contribution in [0, 0.1) is 0 Å². The summed E-state index contributed by atoms with van der Waals surface area (Å²) in [6.45, 7) is 23.9. The molecule has 0 aromatic rings. The summed E-state index contributed by atoms with van der Waals surface area (Å²) in [4.78, 5) is 12.2. The number of aliphatic imine (C=N–C) groups is 2. The van der Waals surface area contributed by atoms with E-state index in [2.05, 4.69) is 70.7 Å². The van der Waals surface area contributed by atoms with Crippen LogP contribution < -0.4 is 0 Å². The fourth-order valence-electron chi connectivity index (χ4n) is 3.18. The maximum Gasteiger partial charge on any atom is 0.102 e. The number of hydrogen-bond acceptors (Lipinski definition) is 2. The van der Waals surface area contributed by atoms with E-state index in [1.54, 1.807) is 0 Å². The van der Waals surface area contributed by atoms with E-state index in [1.807, 2.05) is 12.3 Å². The normalized spacial score (nSPS) is 13.6. The van der Waals surface area contributed by atoms with Crippen molar-refractivity contribution in [3.05, 3.63) is 47.7 Å². The van der Waals surface area contributed by atoms with Crippen molar-refractivity contribution in [1.29, 1.82) is 0 Å². The van der Waals surface area contributed by atoms with Crippen LogP contribution in [0.2, 0.25) is 0 Å². The van der Waals surface area contributed by atoms with E-state index in [-0.39, 0.29) is 0 Å². The van der Waals surface area contributed by atoms with Gasteiger partial charge in [-0.1, -0.05) is 64.3 Å². The summed E-state index contributed by atoms with van der Waals surface area (Å²) in [5, 5.41) is 0. The zero-order valence-electron chi connectivity index (χ0n) is 20.1. The van der Waals surface area contributed by atoms with E-state index in [1.165, 1.54) is 24.8 Å². The Kier molecular flexibility index (Phi) is 15.9. The lowest BCUT2D eigenvalue weighted by Gasteiger charge is -2.25. The Hall–Kier alpha value is -1.90. The van der Waals surface area contributed by atoms with Gasteiger partial charge in [0, 0.05) is 31.4 Å². The lowest BCUT2D eigenvalue weighted by Crippen LogP contribution is -2.31. The first-order valence-corrected chi connectivity index (χ1v) is 11.4. The second-order valence-electron chi connectivity index (χ2n) is 7.57. The molecule has 0 fully saturated rings. The molecule has 0 aliphatic heterocycles. The van der Waals surface area contributed by atoms with Crippen LogP contribution in [0.15, 0.2) is 57.7 Å². The summed E-state index contributed by atoms with van der Waals surface area (Å²) in [5.41, 5.74) is 4.42. The van der Waals surface area contributed by atoms with Gasteiger partial charge in [0.15, 0.2) is 0 Å². The van der Waals surface area contributed by atoms with Gasteiger partial charge in [-0.25, -0.2) is 4.99 Å². The zero-order valence-corrected chi connectivity index (χ0v) is 20.1. The molecule has 0 bridgehead atoms. The summed E-state index contributed by atoms with van der Waals surface area (Å²) in [7, 11) is 0. The minimum Gasteiger partial charge on any atom is -0.360 e. The Balaban J connectivity index is 6.09. The van der Waals surface area contributed by atoms with Crippen molar-refractivity contribution in [2.45, 2.75) is 86.5 Å². The van der Waals surface area contributed by atoms with Crippen LogP contribution in [-0.4, -0.2) is 36.6 Å². The maximum absolute atomic E-state index is 5.17. The van der Waals surface area contributed by atoms with E-state index in [0.29, 0.717) is 0 Å². The molecule has 0 amide bonds. The van der Waals surface area contributed by atoms with E-state index in [4.69, 9.17) is 4.99 Å². The largest absolute Gasteiger partial charge is 0.360 e. The molecule has 0 radical (unpaired) electrons. The Morgan fingerprint density at radius 1 is 1.00 bits per heavy atom. The van der Waals surface area contributed by atoms with E-state index < -0.39 is 0 Å². The van der Waals surface area contributed by atoms with E-state index in [9.17, 15) is 0 Å². The first-order chi connectivity index (χ1) is 14.0. The van der Waals surface area contributed by atoms with Gasteiger partial charge in [-0.15, -0.1) is 6.58 Å². The van der Waals surface area contributed by atoms with Crippen LogP contribution in [0.3, 0.4) is 0 Å². The third-order valence-electron chi connectivity index (χ3n) is 4.83. The topological polar surface area (TPSA) is 28.0 Å². The predicted molar refractivity (Wildman–Crippen MR) is 133 cm³/mol. The summed E-state index contributed by atoms with van der Waals surface area (Å²) < 4.78 is 0. The summed E-state index contributed by atoms with van der Waals surface area (Å²) in [6, 6.07) is 0. The summed E-state index contributed by atoms with van der Waals surface area (Å²) in [5.74, 6) is 1.09. The van der Waals surface area contributed by atoms with Gasteiger partial charge >= 0.3 is 0 Å². The Morgan fingerprint density at radius 3 is 2.24 bits per heavy atom. The molecule has 3 nitrogen and oxygen atoms in total. The van der Waals surface area contributed by atoms with Crippen LogP contribution in [0.1, 0.15) is 86.5 Å². The molecule has 0 heterocycles. The number of hydrogen-bond donors (Lipinski definition) is 0. The average molecular weight is 400 g/mol. The summed E-state index contributed by atoms with van der Waals surface area (Å²) >= 11 is 0. The molecule has 0 rings (SSSR count). The Bertz CT molecular complexity index is 605. The maximum atomic E-state index is 5.17. The lowest BCUT2D eigenvalue weighted by molar-refractivity contribution is 0.400. The SMILES string of the molecule is C=CCC\N=C/C(=C\C)C(/N=C(\C)N(CCC)CCCCC)=C(/CCC)C(=C)C. The molecule has 0 saturated carbocycles. The fourth-order valence-corrected chi connectivity index (χ4v) is 3.18. The molecule has 0 unspecified atom stereocenters. The van der Waals surface area contributed by atoms with Gasteiger partial charge in [-0.2, -0.15) is 0 Å². The van der Waals surface area contributed by atoms with Crippen molar-refractivity contribution >= 4 is 12.1 Å². The van der Waals surface area contributed by atoms with Gasteiger partial charge in [0.2, 0.25) is 0 Å². The average Bonchev–Trinajstić information content (AvgIpc) is 2.70. The van der Waals surface area contributed by atoms with E-state index >= 15 is 0 Å². The number of rotatable bonds is 15. The number of allylic oxidation sites excluding steroid dienone is 4. The monoisotopic (exact) mass is 399 g/mol. The van der Waals surface area contributed by atoms with Gasteiger partial charge in [0.1, 0.15) is 5.84 Å². The van der Waals surface area contributed by atoms with Crippen LogP contribution in [-0.2, 0) is 0 Å². The summed E-state index contributed by atoms with van der Waals surface area (Å²) in [6.07, 6.45) is 13.8. The van der Waals surface area contributed by atoms with Crippen molar-refractivity contribution in [3.8, 4) is 0 Å². The standard InChI is InChI=1S/C26H45N3/c1-9-14-16-20-29(19-12-4)23(8)28-26(25(17-11-3)22(6)7)24(13-5)21-27-18-15-10-2/h10,13,21H,2,6,9,11-12,14-20H2,1,3-5,7-8H3/b24-13+,26-25+,27-21-,28-23+. The molecular weight excluding hydrogens is 354 g/mol. The van der Waals surface area contributed by atoms with Gasteiger partial charge in [-0.05, 0) is 52.0 Å². The minimum absolute atomic E-state index is 0.756. The molecule has 0 atom stereocenters. The third-order valence-corrected chi connectivity index (χ3v) is 4.83. The molecule has 0 N–H and O–H groups in total. The minimum atomic E-state index is 0.756. The molecule has 0 aromatic heterocycles. The highest BCUT2D eigenvalue weighted by Gasteiger charge is 2.13. The smallest absolute Gasteiger partial charge is 0.102 e. The molecule has 0 spiro atoms. The second kappa shape index (κ2) is 17.0. The van der Waals surface area contributed by atoms with Crippen LogP contribution in [0.25, 0.3) is 0 Å². The molecule has 29 heavy (non-hydrogen) atoms. The van der Waals surface area contributed by atoms with Crippen molar-refractivity contribution in [1.82, 2.24) is 4.90 Å². The first kappa shape index (κ1) is 27.1. The van der Waals surface area contributed by atoms with Gasteiger partial charge in [-0.3, -0.25) is 4.99 Å². The van der Waals surface area contributed by atoms with Crippen LogP contribution >= 0.6 is 0 Å². The third kappa shape index (κ3) is 11.0. The van der Waals surface area contributed by atoms with E-state index in [0.717, 1.165) is 68.0 Å². The van der Waals surface area contributed by atoms with Gasteiger partial charge < -0.3 is 4.90 Å². The first-order valence-electron chi connectivity index (χ1n) is 11.4. The van der Waals surface area contributed by atoms with Crippen molar-refractivity contribution in [3.63, 3.8) is 0 Å². The van der Waals surface area contributed by atoms with Gasteiger partial charge in [0.05, 0.1) is 5.70 Å². The highest BCUT2D eigenvalue weighted by Crippen LogP contribution is 2.25. The molecule has 0 aromatic carbocycles. The Morgan fingerprint density at radius 2 is 1.72 bits per heavy atom. The zero-order chi connectivity index (χ0) is 22.1. The number of nitrogens with zero attached hydrogens (tertiary/aromatic N) is 3. The highest BCUT2D eigenvalue weighted by molar-refractivity contribution is 5.88. The second-order valence-corrected chi connectivity index (χ2v) is 7.57. The molecule has 0 aliphatic carbocycles. The molecule has 164 valence electrons. The van der Waals surface area contributed by atoms with Crippen molar-refractivity contribution in [2.24, 2.45) is 9.98 Å². The predicted octanol–water partition coefficient (Wildman–Crippen LogP) is 7.53. The molecule has 0 saturated heterocycles. The molecular formula is C26H45N3. The van der Waals surface area contributed by atoms with Crippen LogP contribution in [0.5, 0.6) is 0 Å². The Labute approximate surface area is 181 Å². The van der Waals surface area contributed by atoms with Gasteiger partial charge in [0.25, 0.3) is 0 Å². The lowest BCUT2D eigenvalue weighted by atomic mass is 9.98. The quantitative estimate of drug-likeness (QED) is 0.0919. The molecule has 3 heteroatoms. The van der Waals surface area contributed by atoms with Crippen LogP contribution in [0.4, 0.5) is 0 Å². The number of unbranched alkanes of at least 4 members (excludes halogenated alkanes) is 2. The fraction of sp³-hybridized carbons (Fsp3) is 0.615.